The van der Waals surface area contributed by atoms with Crippen LogP contribution < -0.4 is 5.43 Å². The average Bonchev–Trinajstić information content (AvgIpc) is 2.88. The zero-order valence-electron chi connectivity index (χ0n) is 22.3. The number of carbonyl (C=O) groups is 1. The van der Waals surface area contributed by atoms with Crippen LogP contribution in [0, 0.1) is 0 Å². The van der Waals surface area contributed by atoms with Gasteiger partial charge in [-0.1, -0.05) is 53.2 Å². The van der Waals surface area contributed by atoms with Crippen molar-refractivity contribution in [1.82, 2.24) is 15.3 Å². The van der Waals surface area contributed by atoms with Crippen molar-refractivity contribution in [3.63, 3.8) is 0 Å². The molecule has 0 radical (unpaired) electrons. The zero-order chi connectivity index (χ0) is 25.5. The standard InChI is InChI=1S/C13H23NO2.C9H9N3.C3H8.C2H6/c1-6-9-12(16-5)11(7-2)10-13(15)14(4)8-3;1-2-9(12-11-5-1)8-3-6-10-7-4-8;1-3-2;1-2/h6,9H,7-8,10H2,1-5H3;1-4,6-7,11H,5H2;3H2,1-2H3;1-2H3/b9-6-,12-11-;;;. The van der Waals surface area contributed by atoms with E-state index in [-0.39, 0.29) is 5.91 Å². The summed E-state index contributed by atoms with van der Waals surface area (Å²) in [4.78, 5) is 17.4. The molecule has 0 aromatic carbocycles. The summed E-state index contributed by atoms with van der Waals surface area (Å²) in [6, 6.07) is 3.88. The van der Waals surface area contributed by atoms with E-state index in [1.165, 1.54) is 6.42 Å². The molecule has 186 valence electrons. The molecule has 1 aliphatic rings. The summed E-state index contributed by atoms with van der Waals surface area (Å²) in [6.07, 6.45) is 13.9. The van der Waals surface area contributed by atoms with Gasteiger partial charge in [0.05, 0.1) is 25.8 Å². The zero-order valence-corrected chi connectivity index (χ0v) is 22.3. The van der Waals surface area contributed by atoms with E-state index in [1.54, 1.807) is 24.4 Å². The Hall–Kier alpha value is -2.89. The van der Waals surface area contributed by atoms with Gasteiger partial charge in [-0.05, 0) is 50.1 Å². The summed E-state index contributed by atoms with van der Waals surface area (Å²) in [5, 5.41) is 4.15. The number of pyridine rings is 1. The molecule has 0 saturated heterocycles. The maximum atomic E-state index is 11.8. The Morgan fingerprint density at radius 1 is 1.18 bits per heavy atom. The molecule has 1 aromatic heterocycles. The molecular formula is C27H46N4O2. The van der Waals surface area contributed by atoms with E-state index in [0.29, 0.717) is 6.42 Å². The third-order valence-corrected chi connectivity index (χ3v) is 4.24. The number of ether oxygens (including phenoxy) is 1. The van der Waals surface area contributed by atoms with Crippen LogP contribution in [0.15, 0.2) is 65.3 Å². The summed E-state index contributed by atoms with van der Waals surface area (Å²) in [5.41, 5.74) is 6.01. The lowest BCUT2D eigenvalue weighted by atomic mass is 10.1. The molecule has 2 heterocycles. The van der Waals surface area contributed by atoms with Crippen LogP contribution in [-0.2, 0) is 9.53 Å². The molecule has 0 spiro atoms. The van der Waals surface area contributed by atoms with Gasteiger partial charge in [-0.25, -0.2) is 0 Å². The maximum absolute atomic E-state index is 11.8. The number of rotatable bonds is 7. The SMILES string of the molecule is C/C=C\C(OC)=C(/CC)CC(=O)N(C)CC.C1=CC(c2ccncc2)=NNC1.CC.CCC. The largest absolute Gasteiger partial charge is 0.497 e. The second-order valence-corrected chi connectivity index (χ2v) is 6.81. The summed E-state index contributed by atoms with van der Waals surface area (Å²) in [5.74, 6) is 0.946. The minimum absolute atomic E-state index is 0.137. The maximum Gasteiger partial charge on any atom is 0.226 e. The second-order valence-electron chi connectivity index (χ2n) is 6.81. The lowest BCUT2D eigenvalue weighted by Crippen LogP contribution is -2.26. The summed E-state index contributed by atoms with van der Waals surface area (Å²) in [6.45, 7) is 15.7. The van der Waals surface area contributed by atoms with Gasteiger partial charge in [0.1, 0.15) is 5.76 Å². The highest BCUT2D eigenvalue weighted by Gasteiger charge is 2.12. The van der Waals surface area contributed by atoms with Crippen molar-refractivity contribution >= 4 is 11.6 Å². The fraction of sp³-hybridized carbons (Fsp3) is 0.519. The van der Waals surface area contributed by atoms with Crippen LogP contribution in [0.3, 0.4) is 0 Å². The number of hydrazone groups is 1. The molecular weight excluding hydrogens is 412 g/mol. The number of carbonyl (C=O) groups excluding carboxylic acids is 1. The van der Waals surface area contributed by atoms with Gasteiger partial charge in [-0.15, -0.1) is 0 Å². The number of allylic oxidation sites excluding steroid dienone is 3. The van der Waals surface area contributed by atoms with Crippen molar-refractivity contribution in [3.8, 4) is 0 Å². The van der Waals surface area contributed by atoms with E-state index in [1.807, 2.05) is 78.1 Å². The number of nitrogens with one attached hydrogen (secondary N) is 1. The predicted molar refractivity (Wildman–Crippen MR) is 142 cm³/mol. The van der Waals surface area contributed by atoms with Crippen LogP contribution in [0.5, 0.6) is 0 Å². The van der Waals surface area contributed by atoms with Crippen LogP contribution in [0.4, 0.5) is 0 Å². The number of nitrogens with zero attached hydrogens (tertiary/aromatic N) is 3. The Morgan fingerprint density at radius 3 is 2.21 bits per heavy atom. The number of amides is 1. The lowest BCUT2D eigenvalue weighted by molar-refractivity contribution is -0.129. The molecule has 0 bridgehead atoms. The second kappa shape index (κ2) is 22.3. The predicted octanol–water partition coefficient (Wildman–Crippen LogP) is 6.13. The van der Waals surface area contributed by atoms with Crippen LogP contribution in [0.2, 0.25) is 0 Å². The molecule has 6 nitrogen and oxygen atoms in total. The van der Waals surface area contributed by atoms with Gasteiger partial charge < -0.3 is 15.1 Å². The van der Waals surface area contributed by atoms with Gasteiger partial charge in [-0.3, -0.25) is 9.78 Å². The smallest absolute Gasteiger partial charge is 0.226 e. The Bertz CT molecular complexity index is 738. The molecule has 0 aliphatic carbocycles. The third kappa shape index (κ3) is 14.7. The minimum atomic E-state index is 0.137. The Kier molecular flexibility index (Phi) is 21.8. The minimum Gasteiger partial charge on any atom is -0.497 e. The first-order valence-corrected chi connectivity index (χ1v) is 12.0. The molecule has 6 heteroatoms. The van der Waals surface area contributed by atoms with Gasteiger partial charge >= 0.3 is 0 Å². The summed E-state index contributed by atoms with van der Waals surface area (Å²) < 4.78 is 5.28. The number of hydrogen-bond acceptors (Lipinski definition) is 5. The highest BCUT2D eigenvalue weighted by Crippen LogP contribution is 2.16. The molecule has 0 fully saturated rings. The molecule has 0 saturated carbocycles. The van der Waals surface area contributed by atoms with Gasteiger partial charge in [-0.2, -0.15) is 5.10 Å². The number of hydrogen-bond donors (Lipinski definition) is 1. The van der Waals surface area contributed by atoms with Crippen LogP contribution in [0.25, 0.3) is 0 Å². The van der Waals surface area contributed by atoms with Crippen molar-refractivity contribution in [2.75, 3.05) is 27.2 Å². The Balaban J connectivity index is 0. The van der Waals surface area contributed by atoms with Crippen LogP contribution >= 0.6 is 0 Å². The Labute approximate surface area is 202 Å². The number of methoxy groups -OCH3 is 1. The van der Waals surface area contributed by atoms with E-state index < -0.39 is 0 Å². The first kappa shape index (κ1) is 32.3. The van der Waals surface area contributed by atoms with Gasteiger partial charge in [0.25, 0.3) is 0 Å². The highest BCUT2D eigenvalue weighted by molar-refractivity contribution is 6.08. The normalized spacial score (nSPS) is 12.3. The van der Waals surface area contributed by atoms with Gasteiger partial charge in [0, 0.05) is 31.5 Å². The van der Waals surface area contributed by atoms with Crippen molar-refractivity contribution in [2.24, 2.45) is 5.10 Å². The molecule has 2 rings (SSSR count). The molecule has 1 N–H and O–H groups in total. The molecule has 1 aliphatic heterocycles. The summed E-state index contributed by atoms with van der Waals surface area (Å²) in [7, 11) is 3.46. The average molecular weight is 459 g/mol. The number of aromatic nitrogens is 1. The quantitative estimate of drug-likeness (QED) is 0.394. The summed E-state index contributed by atoms with van der Waals surface area (Å²) >= 11 is 0. The van der Waals surface area contributed by atoms with Crippen molar-refractivity contribution in [3.05, 3.63) is 65.7 Å². The van der Waals surface area contributed by atoms with Crippen LogP contribution in [0.1, 0.15) is 73.3 Å². The molecule has 1 aromatic rings. The van der Waals surface area contributed by atoms with Gasteiger partial charge in [0.2, 0.25) is 5.91 Å². The molecule has 1 amide bonds. The van der Waals surface area contributed by atoms with E-state index in [9.17, 15) is 4.79 Å². The molecule has 0 unspecified atom stereocenters. The molecule has 0 atom stereocenters. The first-order valence-electron chi connectivity index (χ1n) is 12.0. The monoisotopic (exact) mass is 458 g/mol. The van der Waals surface area contributed by atoms with Crippen molar-refractivity contribution < 1.29 is 9.53 Å². The van der Waals surface area contributed by atoms with Crippen molar-refractivity contribution in [1.29, 1.82) is 0 Å². The lowest BCUT2D eigenvalue weighted by Gasteiger charge is -2.16. The third-order valence-electron chi connectivity index (χ3n) is 4.24. The van der Waals surface area contributed by atoms with E-state index in [0.717, 1.165) is 42.1 Å². The Morgan fingerprint density at radius 2 is 1.79 bits per heavy atom. The van der Waals surface area contributed by atoms with Crippen LogP contribution in [-0.4, -0.2) is 48.7 Å². The topological polar surface area (TPSA) is 66.8 Å². The van der Waals surface area contributed by atoms with E-state index >= 15 is 0 Å². The fourth-order valence-corrected chi connectivity index (χ4v) is 2.44. The highest BCUT2D eigenvalue weighted by atomic mass is 16.5. The van der Waals surface area contributed by atoms with E-state index in [2.05, 4.69) is 29.4 Å². The van der Waals surface area contributed by atoms with Gasteiger partial charge in [0.15, 0.2) is 0 Å². The van der Waals surface area contributed by atoms with E-state index in [4.69, 9.17) is 4.74 Å². The van der Waals surface area contributed by atoms with Crippen molar-refractivity contribution in [2.45, 2.75) is 67.7 Å². The first-order chi connectivity index (χ1) is 16.0. The molecule has 33 heavy (non-hydrogen) atoms. The fourth-order valence-electron chi connectivity index (χ4n) is 2.44.